The van der Waals surface area contributed by atoms with Crippen molar-refractivity contribution in [1.82, 2.24) is 24.8 Å². The molecule has 0 fully saturated rings. The summed E-state index contributed by atoms with van der Waals surface area (Å²) in [5.41, 5.74) is 3.78. The minimum atomic E-state index is 0.481. The van der Waals surface area contributed by atoms with Gasteiger partial charge in [-0.05, 0) is 17.7 Å². The summed E-state index contributed by atoms with van der Waals surface area (Å²) >= 11 is 0. The number of pyridine rings is 1. The third kappa shape index (κ3) is 2.40. The van der Waals surface area contributed by atoms with E-state index in [4.69, 9.17) is 9.47 Å². The van der Waals surface area contributed by atoms with Gasteiger partial charge in [-0.2, -0.15) is 14.8 Å². The number of hydrogen-bond acceptors (Lipinski definition) is 5. The molecule has 4 heterocycles. The van der Waals surface area contributed by atoms with E-state index in [0.717, 1.165) is 27.7 Å². The topological polar surface area (TPSA) is 77.3 Å². The molecule has 116 valence electrons. The highest BCUT2D eigenvalue weighted by Crippen LogP contribution is 2.31. The molecule has 0 aliphatic heterocycles. The summed E-state index contributed by atoms with van der Waals surface area (Å²) in [5, 5.41) is 9.66. The van der Waals surface area contributed by atoms with Crippen LogP contribution < -0.4 is 4.74 Å². The number of nitrogens with zero attached hydrogens (tertiary/aromatic N) is 4. The number of aromatic amines is 1. The van der Waals surface area contributed by atoms with Crippen LogP contribution in [0.2, 0.25) is 0 Å². The summed E-state index contributed by atoms with van der Waals surface area (Å²) in [6, 6.07) is 5.92. The molecular formula is C16H15N5O2. The van der Waals surface area contributed by atoms with Crippen molar-refractivity contribution in [3.63, 3.8) is 0 Å². The predicted molar refractivity (Wildman–Crippen MR) is 85.4 cm³/mol. The summed E-state index contributed by atoms with van der Waals surface area (Å²) in [5.74, 6) is 0.690. The first-order valence-corrected chi connectivity index (χ1v) is 7.25. The highest BCUT2D eigenvalue weighted by atomic mass is 16.5. The van der Waals surface area contributed by atoms with E-state index in [1.807, 2.05) is 30.6 Å². The van der Waals surface area contributed by atoms with E-state index in [1.54, 1.807) is 24.1 Å². The summed E-state index contributed by atoms with van der Waals surface area (Å²) < 4.78 is 12.2. The molecule has 0 amide bonds. The maximum absolute atomic E-state index is 5.64. The second-order valence-corrected chi connectivity index (χ2v) is 5.06. The molecule has 4 aromatic heterocycles. The summed E-state index contributed by atoms with van der Waals surface area (Å²) in [4.78, 5) is 7.45. The van der Waals surface area contributed by atoms with Crippen LogP contribution in [0.4, 0.5) is 0 Å². The third-order valence-corrected chi connectivity index (χ3v) is 3.67. The molecule has 0 saturated heterocycles. The van der Waals surface area contributed by atoms with Gasteiger partial charge >= 0.3 is 0 Å². The lowest BCUT2D eigenvalue weighted by atomic mass is 10.1. The van der Waals surface area contributed by atoms with E-state index < -0.39 is 0 Å². The Morgan fingerprint density at radius 2 is 2.04 bits per heavy atom. The van der Waals surface area contributed by atoms with Gasteiger partial charge in [-0.15, -0.1) is 0 Å². The molecular weight excluding hydrogens is 294 g/mol. The Morgan fingerprint density at radius 1 is 1.13 bits per heavy atom. The van der Waals surface area contributed by atoms with Crippen molar-refractivity contribution in [2.45, 2.75) is 0 Å². The van der Waals surface area contributed by atoms with Gasteiger partial charge in [0.05, 0.1) is 24.5 Å². The smallest absolute Gasteiger partial charge is 0.141 e. The van der Waals surface area contributed by atoms with Crippen LogP contribution in [0.15, 0.2) is 43.0 Å². The number of fused-ring (bicyclic) bond motifs is 2. The zero-order chi connectivity index (χ0) is 15.6. The molecule has 0 spiro atoms. The highest BCUT2D eigenvalue weighted by molar-refractivity contribution is 5.97. The molecule has 7 nitrogen and oxygen atoms in total. The van der Waals surface area contributed by atoms with Crippen molar-refractivity contribution < 1.29 is 9.47 Å². The van der Waals surface area contributed by atoms with Gasteiger partial charge in [-0.25, -0.2) is 4.98 Å². The molecule has 0 aliphatic carbocycles. The average Bonchev–Trinajstić information content (AvgIpc) is 3.21. The van der Waals surface area contributed by atoms with Crippen molar-refractivity contribution in [1.29, 1.82) is 0 Å². The maximum Gasteiger partial charge on any atom is 0.141 e. The van der Waals surface area contributed by atoms with Gasteiger partial charge in [0.15, 0.2) is 0 Å². The maximum atomic E-state index is 5.64. The van der Waals surface area contributed by atoms with E-state index in [9.17, 15) is 0 Å². The Labute approximate surface area is 131 Å². The molecule has 0 aliphatic rings. The van der Waals surface area contributed by atoms with Crippen molar-refractivity contribution in [2.75, 3.05) is 20.3 Å². The molecule has 4 rings (SSSR count). The van der Waals surface area contributed by atoms with E-state index in [-0.39, 0.29) is 0 Å². The first-order valence-electron chi connectivity index (χ1n) is 7.25. The minimum absolute atomic E-state index is 0.481. The summed E-state index contributed by atoms with van der Waals surface area (Å²) in [7, 11) is 1.64. The first kappa shape index (κ1) is 13.7. The summed E-state index contributed by atoms with van der Waals surface area (Å²) in [6.07, 6.45) is 7.12. The van der Waals surface area contributed by atoms with Crippen LogP contribution in [0, 0.1) is 0 Å². The normalized spacial score (nSPS) is 11.3. The Bertz CT molecular complexity index is 959. The fourth-order valence-electron chi connectivity index (χ4n) is 2.58. The van der Waals surface area contributed by atoms with Crippen LogP contribution in [-0.2, 0) is 4.74 Å². The molecule has 1 N–H and O–H groups in total. The fraction of sp³-hybridized carbons (Fsp3) is 0.188. The minimum Gasteiger partial charge on any atom is -0.489 e. The lowest BCUT2D eigenvalue weighted by Gasteiger charge is -2.06. The number of aromatic nitrogens is 5. The van der Waals surface area contributed by atoms with E-state index >= 15 is 0 Å². The van der Waals surface area contributed by atoms with Gasteiger partial charge in [0.2, 0.25) is 0 Å². The lowest BCUT2D eigenvalue weighted by Crippen LogP contribution is -2.05. The molecule has 23 heavy (non-hydrogen) atoms. The zero-order valence-corrected chi connectivity index (χ0v) is 12.6. The molecule has 7 heteroatoms. The molecule has 0 bridgehead atoms. The van der Waals surface area contributed by atoms with E-state index in [1.165, 1.54) is 0 Å². The van der Waals surface area contributed by atoms with Crippen LogP contribution in [-0.4, -0.2) is 45.1 Å². The van der Waals surface area contributed by atoms with Gasteiger partial charge in [0.1, 0.15) is 18.0 Å². The van der Waals surface area contributed by atoms with Crippen molar-refractivity contribution in [3.8, 4) is 16.9 Å². The second-order valence-electron chi connectivity index (χ2n) is 5.06. The molecule has 0 aromatic carbocycles. The van der Waals surface area contributed by atoms with Gasteiger partial charge in [0.25, 0.3) is 0 Å². The van der Waals surface area contributed by atoms with Gasteiger partial charge in [-0.3, -0.25) is 0 Å². The number of methoxy groups -OCH3 is 1. The molecule has 0 atom stereocenters. The zero-order valence-electron chi connectivity index (χ0n) is 12.6. The Morgan fingerprint density at radius 3 is 2.96 bits per heavy atom. The first-order chi connectivity index (χ1) is 11.4. The third-order valence-electron chi connectivity index (χ3n) is 3.67. The van der Waals surface area contributed by atoms with Crippen LogP contribution >= 0.6 is 0 Å². The van der Waals surface area contributed by atoms with Crippen LogP contribution in [0.3, 0.4) is 0 Å². The number of hydrogen-bond donors (Lipinski definition) is 1. The number of H-pyrrole nitrogens is 1. The van der Waals surface area contributed by atoms with E-state index in [0.29, 0.717) is 19.0 Å². The highest BCUT2D eigenvalue weighted by Gasteiger charge is 2.12. The second kappa shape index (κ2) is 5.69. The largest absolute Gasteiger partial charge is 0.489 e. The quantitative estimate of drug-likeness (QED) is 0.572. The molecule has 4 aromatic rings. The Kier molecular flexibility index (Phi) is 3.39. The Hall–Kier alpha value is -2.93. The number of nitrogens with one attached hydrogen (secondary N) is 1. The molecule has 0 radical (unpaired) electrons. The van der Waals surface area contributed by atoms with Crippen LogP contribution in [0.25, 0.3) is 27.7 Å². The lowest BCUT2D eigenvalue weighted by molar-refractivity contribution is 0.146. The standard InChI is InChI=1S/C16H15N5O2/c1-22-6-7-23-11-8-15-14(10-20-21(15)19-9-11)12-2-4-17-16-13(12)3-5-18-16/h2-5,8-10H,6-7H2,1H3,(H,17,18). The fourth-order valence-corrected chi connectivity index (χ4v) is 2.58. The predicted octanol–water partition coefficient (Wildman–Crippen LogP) is 2.30. The number of ether oxygens (including phenoxy) is 2. The molecule has 0 saturated carbocycles. The monoisotopic (exact) mass is 309 g/mol. The van der Waals surface area contributed by atoms with Crippen molar-refractivity contribution in [3.05, 3.63) is 43.0 Å². The van der Waals surface area contributed by atoms with Crippen LogP contribution in [0.5, 0.6) is 5.75 Å². The van der Waals surface area contributed by atoms with Gasteiger partial charge in [-0.1, -0.05) is 0 Å². The van der Waals surface area contributed by atoms with Gasteiger partial charge in [0, 0.05) is 36.5 Å². The van der Waals surface area contributed by atoms with Gasteiger partial charge < -0.3 is 14.5 Å². The number of rotatable bonds is 5. The average molecular weight is 309 g/mol. The van der Waals surface area contributed by atoms with Crippen molar-refractivity contribution in [2.24, 2.45) is 0 Å². The molecule has 0 unspecified atom stereocenters. The van der Waals surface area contributed by atoms with Crippen LogP contribution in [0.1, 0.15) is 0 Å². The Balaban J connectivity index is 1.80. The van der Waals surface area contributed by atoms with Crippen molar-refractivity contribution >= 4 is 16.6 Å². The van der Waals surface area contributed by atoms with E-state index in [2.05, 4.69) is 20.2 Å². The SMILES string of the molecule is COCCOc1cnn2ncc(-c3ccnc4[nH]ccc34)c2c1. The summed E-state index contributed by atoms with van der Waals surface area (Å²) in [6.45, 7) is 1.01.